The number of nitrogens with zero attached hydrogens (tertiary/aromatic N) is 1. The van der Waals surface area contributed by atoms with Gasteiger partial charge in [-0.2, -0.15) is 0 Å². The second kappa shape index (κ2) is 6.99. The Morgan fingerprint density at radius 2 is 1.63 bits per heavy atom. The van der Waals surface area contributed by atoms with E-state index >= 15 is 0 Å². The van der Waals surface area contributed by atoms with E-state index in [0.29, 0.717) is 30.0 Å². The molecule has 0 aromatic heterocycles. The molecule has 1 heterocycles. The zero-order valence-corrected chi connectivity index (χ0v) is 15.3. The lowest BCUT2D eigenvalue weighted by molar-refractivity contribution is -0.119. The molecule has 1 aliphatic heterocycles. The van der Waals surface area contributed by atoms with Crippen LogP contribution < -0.4 is 5.32 Å². The van der Waals surface area contributed by atoms with Crippen LogP contribution in [0.15, 0.2) is 48.5 Å². The highest BCUT2D eigenvalue weighted by molar-refractivity contribution is 6.21. The largest absolute Gasteiger partial charge is 0.326 e. The van der Waals surface area contributed by atoms with E-state index in [-0.39, 0.29) is 23.6 Å². The molecule has 4 rings (SSSR count). The summed E-state index contributed by atoms with van der Waals surface area (Å²) in [5, 5.41) is 2.96. The van der Waals surface area contributed by atoms with Crippen molar-refractivity contribution in [2.45, 2.75) is 26.2 Å². The number of benzene rings is 2. The topological polar surface area (TPSA) is 66.5 Å². The van der Waals surface area contributed by atoms with Gasteiger partial charge in [0.05, 0.1) is 11.1 Å². The van der Waals surface area contributed by atoms with E-state index in [4.69, 9.17) is 0 Å². The monoisotopic (exact) mass is 362 g/mol. The molecular formula is C22H22N2O3. The minimum absolute atomic E-state index is 0.0542. The van der Waals surface area contributed by atoms with E-state index in [0.717, 1.165) is 24.1 Å². The lowest BCUT2D eigenvalue weighted by Crippen LogP contribution is -2.31. The number of rotatable bonds is 6. The van der Waals surface area contributed by atoms with E-state index in [9.17, 15) is 14.4 Å². The minimum atomic E-state index is -0.228. The normalized spacial score (nSPS) is 17.0. The Morgan fingerprint density at radius 3 is 2.19 bits per heavy atom. The number of hydrogen-bond donors (Lipinski definition) is 1. The van der Waals surface area contributed by atoms with Gasteiger partial charge in [-0.25, -0.2) is 0 Å². The highest BCUT2D eigenvalue weighted by Gasteiger charge is 2.34. The van der Waals surface area contributed by atoms with Gasteiger partial charge in [0.25, 0.3) is 11.8 Å². The van der Waals surface area contributed by atoms with Crippen LogP contribution in [0.1, 0.15) is 46.0 Å². The number of carbonyl (C=O) groups is 3. The zero-order chi connectivity index (χ0) is 19.0. The Balaban J connectivity index is 1.35. The predicted molar refractivity (Wildman–Crippen MR) is 102 cm³/mol. The Labute approximate surface area is 158 Å². The Kier molecular flexibility index (Phi) is 4.52. The molecule has 0 radical (unpaired) electrons. The molecule has 5 nitrogen and oxygen atoms in total. The number of anilines is 1. The fourth-order valence-corrected chi connectivity index (χ4v) is 3.50. The standard InChI is InChI=1S/C22H22N2O3/c1-14(16-8-9-16)20(25)23-17-10-6-15(7-11-17)12-13-24-21(26)18-4-2-3-5-19(18)22(24)27/h2-7,10-11,14,16H,8-9,12-13H2,1H3,(H,23,25). The number of amides is 3. The number of fused-ring (bicyclic) bond motifs is 1. The fraction of sp³-hybridized carbons (Fsp3) is 0.318. The molecule has 1 atom stereocenters. The summed E-state index contributed by atoms with van der Waals surface area (Å²) >= 11 is 0. The van der Waals surface area contributed by atoms with Crippen molar-refractivity contribution in [2.24, 2.45) is 11.8 Å². The van der Waals surface area contributed by atoms with Gasteiger partial charge < -0.3 is 5.32 Å². The summed E-state index contributed by atoms with van der Waals surface area (Å²) in [6.45, 7) is 2.32. The first kappa shape index (κ1) is 17.5. The molecule has 0 saturated heterocycles. The summed E-state index contributed by atoms with van der Waals surface area (Å²) in [6.07, 6.45) is 2.87. The Hall–Kier alpha value is -2.95. The lowest BCUT2D eigenvalue weighted by atomic mass is 10.1. The first-order chi connectivity index (χ1) is 13.0. The lowest BCUT2D eigenvalue weighted by Gasteiger charge is -2.14. The van der Waals surface area contributed by atoms with Gasteiger partial charge in [-0.15, -0.1) is 0 Å². The van der Waals surface area contributed by atoms with Gasteiger partial charge >= 0.3 is 0 Å². The molecule has 1 unspecified atom stereocenters. The van der Waals surface area contributed by atoms with E-state index in [2.05, 4.69) is 5.32 Å². The van der Waals surface area contributed by atoms with Crippen molar-refractivity contribution in [1.82, 2.24) is 4.90 Å². The molecule has 3 amide bonds. The van der Waals surface area contributed by atoms with E-state index in [1.54, 1.807) is 24.3 Å². The molecule has 2 aromatic rings. The van der Waals surface area contributed by atoms with Crippen molar-refractivity contribution >= 4 is 23.4 Å². The molecule has 1 N–H and O–H groups in total. The summed E-state index contributed by atoms with van der Waals surface area (Å²) in [4.78, 5) is 38.2. The van der Waals surface area contributed by atoms with Crippen molar-refractivity contribution in [1.29, 1.82) is 0 Å². The zero-order valence-electron chi connectivity index (χ0n) is 15.3. The maximum atomic E-state index is 12.4. The van der Waals surface area contributed by atoms with Crippen LogP contribution in [0.3, 0.4) is 0 Å². The highest BCUT2D eigenvalue weighted by atomic mass is 16.2. The minimum Gasteiger partial charge on any atom is -0.326 e. The number of imide groups is 1. The highest BCUT2D eigenvalue weighted by Crippen LogP contribution is 2.37. The van der Waals surface area contributed by atoms with Crippen LogP contribution in [0.25, 0.3) is 0 Å². The third-order valence-electron chi connectivity index (χ3n) is 5.47. The van der Waals surface area contributed by atoms with Gasteiger partial charge in [0.2, 0.25) is 5.91 Å². The third kappa shape index (κ3) is 3.50. The van der Waals surface area contributed by atoms with Crippen LogP contribution in [-0.2, 0) is 11.2 Å². The molecule has 27 heavy (non-hydrogen) atoms. The SMILES string of the molecule is CC(C(=O)Nc1ccc(CCN2C(=O)c3ccccc3C2=O)cc1)C1CC1. The first-order valence-electron chi connectivity index (χ1n) is 9.39. The summed E-state index contributed by atoms with van der Waals surface area (Å²) in [7, 11) is 0. The molecule has 2 aliphatic rings. The maximum absolute atomic E-state index is 12.4. The average molecular weight is 362 g/mol. The van der Waals surface area contributed by atoms with Crippen molar-refractivity contribution in [3.05, 3.63) is 65.2 Å². The molecular weight excluding hydrogens is 340 g/mol. The van der Waals surface area contributed by atoms with Crippen LogP contribution in [0.4, 0.5) is 5.69 Å². The van der Waals surface area contributed by atoms with E-state index in [1.165, 1.54) is 4.90 Å². The summed E-state index contributed by atoms with van der Waals surface area (Å²) in [6, 6.07) is 14.5. The first-order valence-corrected chi connectivity index (χ1v) is 9.39. The molecule has 0 bridgehead atoms. The molecule has 138 valence electrons. The third-order valence-corrected chi connectivity index (χ3v) is 5.47. The second-order valence-corrected chi connectivity index (χ2v) is 7.37. The Morgan fingerprint density at radius 1 is 1.04 bits per heavy atom. The van der Waals surface area contributed by atoms with Crippen molar-refractivity contribution in [3.63, 3.8) is 0 Å². The van der Waals surface area contributed by atoms with Crippen molar-refractivity contribution < 1.29 is 14.4 Å². The van der Waals surface area contributed by atoms with Crippen molar-refractivity contribution in [2.75, 3.05) is 11.9 Å². The van der Waals surface area contributed by atoms with Crippen molar-refractivity contribution in [3.8, 4) is 0 Å². The van der Waals surface area contributed by atoms with Gasteiger partial charge in [0, 0.05) is 18.2 Å². The smallest absolute Gasteiger partial charge is 0.261 e. The molecule has 5 heteroatoms. The number of hydrogen-bond acceptors (Lipinski definition) is 3. The molecule has 2 aromatic carbocycles. The fourth-order valence-electron chi connectivity index (χ4n) is 3.50. The van der Waals surface area contributed by atoms with Gasteiger partial charge in [0.15, 0.2) is 0 Å². The quantitative estimate of drug-likeness (QED) is 0.800. The Bertz CT molecular complexity index is 865. The summed E-state index contributed by atoms with van der Waals surface area (Å²) in [5.41, 5.74) is 2.74. The summed E-state index contributed by atoms with van der Waals surface area (Å²) < 4.78 is 0. The van der Waals surface area contributed by atoms with E-state index in [1.807, 2.05) is 31.2 Å². The second-order valence-electron chi connectivity index (χ2n) is 7.37. The maximum Gasteiger partial charge on any atom is 0.261 e. The molecule has 1 saturated carbocycles. The van der Waals surface area contributed by atoms with Gasteiger partial charge in [-0.3, -0.25) is 19.3 Å². The van der Waals surface area contributed by atoms with Crippen LogP contribution in [0, 0.1) is 11.8 Å². The molecule has 0 spiro atoms. The summed E-state index contributed by atoms with van der Waals surface area (Å²) in [5.74, 6) is 0.195. The number of nitrogens with one attached hydrogen (secondary N) is 1. The van der Waals surface area contributed by atoms with Gasteiger partial charge in [-0.05, 0) is 55.0 Å². The van der Waals surface area contributed by atoms with Crippen LogP contribution in [0.2, 0.25) is 0 Å². The molecule has 1 fully saturated rings. The van der Waals surface area contributed by atoms with E-state index < -0.39 is 0 Å². The van der Waals surface area contributed by atoms with Crippen LogP contribution in [0.5, 0.6) is 0 Å². The number of carbonyl (C=O) groups excluding carboxylic acids is 3. The predicted octanol–water partition coefficient (Wildman–Crippen LogP) is 3.51. The van der Waals surface area contributed by atoms with Gasteiger partial charge in [-0.1, -0.05) is 31.2 Å². The van der Waals surface area contributed by atoms with Crippen LogP contribution in [-0.4, -0.2) is 29.2 Å². The van der Waals surface area contributed by atoms with Crippen LogP contribution >= 0.6 is 0 Å². The average Bonchev–Trinajstić information content (AvgIpc) is 3.50. The van der Waals surface area contributed by atoms with Gasteiger partial charge in [0.1, 0.15) is 0 Å². The molecule has 1 aliphatic carbocycles.